The number of nitrogens with one attached hydrogen (secondary N) is 1. The Morgan fingerprint density at radius 1 is 0.818 bits per heavy atom. The maximum Gasteiger partial charge on any atom is 0.255 e. The molecule has 2 fully saturated rings. The first-order valence-electron chi connectivity index (χ1n) is 14.6. The molecule has 6 rings (SSSR count). The van der Waals surface area contributed by atoms with E-state index in [1.165, 1.54) is 0 Å². The number of aryl methyl sites for hydroxylation is 1. The standard InChI is InChI=1S/C33H33N7O4/c1-38-19-26(18-36-38)25-16-29(30(34)35-17-25)31(42)37-27-10-13-40(20-27)33(44)24-8-4-22(5-9-24)21-2-6-23(7-3-21)32(43)39-14-11-28(41)12-15-39/h2-9,16-19,27H,10-15,20H2,1H3,(H2,34,35)(H,37,42)/t27-/m1/s1. The Bertz CT molecular complexity index is 1720. The summed E-state index contributed by atoms with van der Waals surface area (Å²) in [6, 6.07) is 16.2. The molecular formula is C33H33N7O4. The smallest absolute Gasteiger partial charge is 0.255 e. The third-order valence-electron chi connectivity index (χ3n) is 8.22. The highest BCUT2D eigenvalue weighted by molar-refractivity contribution is 6.00. The van der Waals surface area contributed by atoms with Crippen LogP contribution in [0.2, 0.25) is 0 Å². The number of nitrogen functional groups attached to an aromatic ring is 1. The lowest BCUT2D eigenvalue weighted by molar-refractivity contribution is -0.120. The van der Waals surface area contributed by atoms with Crippen LogP contribution >= 0.6 is 0 Å². The number of likely N-dealkylation sites (tertiary alicyclic amines) is 2. The summed E-state index contributed by atoms with van der Waals surface area (Å²) in [6.45, 7) is 1.84. The van der Waals surface area contributed by atoms with Crippen LogP contribution in [0.1, 0.15) is 50.3 Å². The minimum Gasteiger partial charge on any atom is -0.383 e. The third-order valence-corrected chi connectivity index (χ3v) is 8.22. The Balaban J connectivity index is 1.05. The Morgan fingerprint density at radius 2 is 1.43 bits per heavy atom. The first-order chi connectivity index (χ1) is 21.2. The van der Waals surface area contributed by atoms with Crippen molar-refractivity contribution in [3.05, 3.63) is 89.9 Å². The van der Waals surface area contributed by atoms with Gasteiger partial charge in [-0.3, -0.25) is 23.9 Å². The zero-order valence-electron chi connectivity index (χ0n) is 24.4. The Labute approximate surface area is 254 Å². The molecule has 0 saturated carbocycles. The number of rotatable bonds is 6. The van der Waals surface area contributed by atoms with Crippen LogP contribution in [0.4, 0.5) is 5.82 Å². The molecule has 2 saturated heterocycles. The fourth-order valence-electron chi connectivity index (χ4n) is 5.65. The van der Waals surface area contributed by atoms with E-state index in [0.29, 0.717) is 56.6 Å². The maximum atomic E-state index is 13.3. The number of benzene rings is 2. The number of piperidine rings is 1. The van der Waals surface area contributed by atoms with Gasteiger partial charge in [0.05, 0.1) is 11.8 Å². The number of nitrogens with zero attached hydrogens (tertiary/aromatic N) is 5. The van der Waals surface area contributed by atoms with Crippen LogP contribution in [-0.2, 0) is 11.8 Å². The SMILES string of the molecule is Cn1cc(-c2cnc(N)c(C(=O)N[C@@H]3CCN(C(=O)c4ccc(-c5ccc(C(=O)N6CCC(=O)CC6)cc5)cc4)C3)c2)cn1. The minimum atomic E-state index is -0.330. The van der Waals surface area contributed by atoms with E-state index in [4.69, 9.17) is 5.73 Å². The number of hydrogen-bond donors (Lipinski definition) is 2. The van der Waals surface area contributed by atoms with Crippen LogP contribution in [0, 0.1) is 0 Å². The molecule has 2 aromatic heterocycles. The van der Waals surface area contributed by atoms with Crippen molar-refractivity contribution in [2.75, 3.05) is 31.9 Å². The summed E-state index contributed by atoms with van der Waals surface area (Å²) in [7, 11) is 1.81. The van der Waals surface area contributed by atoms with Gasteiger partial charge in [0.2, 0.25) is 0 Å². The van der Waals surface area contributed by atoms with Gasteiger partial charge in [-0.1, -0.05) is 24.3 Å². The zero-order valence-corrected chi connectivity index (χ0v) is 24.4. The van der Waals surface area contributed by atoms with E-state index in [2.05, 4.69) is 15.4 Å². The summed E-state index contributed by atoms with van der Waals surface area (Å²) >= 11 is 0. The van der Waals surface area contributed by atoms with Gasteiger partial charge in [0.25, 0.3) is 17.7 Å². The van der Waals surface area contributed by atoms with E-state index in [1.807, 2.05) is 37.5 Å². The first kappa shape index (κ1) is 28.8. The molecule has 224 valence electrons. The van der Waals surface area contributed by atoms with Gasteiger partial charge < -0.3 is 20.9 Å². The van der Waals surface area contributed by atoms with Crippen LogP contribution in [0.5, 0.6) is 0 Å². The molecule has 3 amide bonds. The second-order valence-corrected chi connectivity index (χ2v) is 11.3. The number of ketones is 1. The zero-order chi connectivity index (χ0) is 30.8. The van der Waals surface area contributed by atoms with Gasteiger partial charge in [-0.05, 0) is 47.9 Å². The molecule has 1 atom stereocenters. The Morgan fingerprint density at radius 3 is 2.02 bits per heavy atom. The molecule has 0 aliphatic carbocycles. The molecule has 0 unspecified atom stereocenters. The predicted octanol–water partition coefficient (Wildman–Crippen LogP) is 3.18. The van der Waals surface area contributed by atoms with Crippen molar-refractivity contribution in [3.63, 3.8) is 0 Å². The van der Waals surface area contributed by atoms with E-state index in [0.717, 1.165) is 22.3 Å². The number of hydrogen-bond acceptors (Lipinski definition) is 7. The molecule has 4 aromatic rings. The summed E-state index contributed by atoms with van der Waals surface area (Å²) in [5.41, 5.74) is 10.9. The number of nitrogens with two attached hydrogens (primary N) is 1. The molecule has 2 aliphatic heterocycles. The van der Waals surface area contributed by atoms with Crippen molar-refractivity contribution in [2.45, 2.75) is 25.3 Å². The summed E-state index contributed by atoms with van der Waals surface area (Å²) in [4.78, 5) is 58.3. The minimum absolute atomic E-state index is 0.0662. The first-order valence-corrected chi connectivity index (χ1v) is 14.6. The van der Waals surface area contributed by atoms with Crippen LogP contribution in [0.15, 0.2) is 73.2 Å². The average Bonchev–Trinajstić information content (AvgIpc) is 3.70. The lowest BCUT2D eigenvalue weighted by Crippen LogP contribution is -2.38. The van der Waals surface area contributed by atoms with Gasteiger partial charge in [0.15, 0.2) is 0 Å². The summed E-state index contributed by atoms with van der Waals surface area (Å²) in [5.74, 6) is -0.159. The molecule has 11 nitrogen and oxygen atoms in total. The highest BCUT2D eigenvalue weighted by atomic mass is 16.2. The van der Waals surface area contributed by atoms with E-state index in [9.17, 15) is 19.2 Å². The third kappa shape index (κ3) is 6.07. The van der Waals surface area contributed by atoms with Gasteiger partial charge in [-0.2, -0.15) is 5.10 Å². The van der Waals surface area contributed by atoms with Crippen LogP contribution in [0.25, 0.3) is 22.3 Å². The molecule has 0 spiro atoms. The Kier molecular flexibility index (Phi) is 7.93. The highest BCUT2D eigenvalue weighted by Crippen LogP contribution is 2.24. The summed E-state index contributed by atoms with van der Waals surface area (Å²) in [6.07, 6.45) is 6.60. The highest BCUT2D eigenvalue weighted by Gasteiger charge is 2.29. The Hall–Kier alpha value is -5.32. The number of pyridine rings is 1. The molecule has 2 aromatic carbocycles. The van der Waals surface area contributed by atoms with Crippen molar-refractivity contribution >= 4 is 29.3 Å². The molecule has 4 heterocycles. The van der Waals surface area contributed by atoms with Crippen molar-refractivity contribution in [2.24, 2.45) is 7.05 Å². The second kappa shape index (κ2) is 12.1. The van der Waals surface area contributed by atoms with E-state index in [-0.39, 0.29) is 40.9 Å². The summed E-state index contributed by atoms with van der Waals surface area (Å²) < 4.78 is 1.67. The predicted molar refractivity (Wildman–Crippen MR) is 165 cm³/mol. The van der Waals surface area contributed by atoms with Crippen LogP contribution in [0.3, 0.4) is 0 Å². The number of anilines is 1. The topological polar surface area (TPSA) is 144 Å². The molecule has 44 heavy (non-hydrogen) atoms. The fourth-order valence-corrected chi connectivity index (χ4v) is 5.65. The lowest BCUT2D eigenvalue weighted by atomic mass is 10.0. The quantitative estimate of drug-likeness (QED) is 0.351. The number of carbonyl (C=O) groups excluding carboxylic acids is 4. The maximum absolute atomic E-state index is 13.3. The van der Waals surface area contributed by atoms with Crippen LogP contribution < -0.4 is 11.1 Å². The van der Waals surface area contributed by atoms with Gasteiger partial charge in [-0.15, -0.1) is 0 Å². The molecule has 3 N–H and O–H groups in total. The summed E-state index contributed by atoms with van der Waals surface area (Å²) in [5, 5.41) is 7.17. The lowest BCUT2D eigenvalue weighted by Gasteiger charge is -2.26. The van der Waals surface area contributed by atoms with E-state index >= 15 is 0 Å². The normalized spacial score (nSPS) is 16.7. The largest absolute Gasteiger partial charge is 0.383 e. The number of aromatic nitrogens is 3. The van der Waals surface area contributed by atoms with Crippen molar-refractivity contribution in [1.82, 2.24) is 29.9 Å². The monoisotopic (exact) mass is 591 g/mol. The molecular weight excluding hydrogens is 558 g/mol. The fraction of sp³-hybridized carbons (Fsp3) is 0.273. The number of Topliss-reactive ketones (excluding diaryl/α,β-unsaturated/α-hetero) is 1. The molecule has 2 aliphatic rings. The van der Waals surface area contributed by atoms with E-state index < -0.39 is 0 Å². The molecule has 0 bridgehead atoms. The van der Waals surface area contributed by atoms with Gasteiger partial charge >= 0.3 is 0 Å². The van der Waals surface area contributed by atoms with Crippen molar-refractivity contribution in [1.29, 1.82) is 0 Å². The van der Waals surface area contributed by atoms with Gasteiger partial charge in [0.1, 0.15) is 11.6 Å². The van der Waals surface area contributed by atoms with E-state index in [1.54, 1.807) is 57.2 Å². The van der Waals surface area contributed by atoms with Crippen LogP contribution in [-0.4, -0.2) is 80.3 Å². The average molecular weight is 592 g/mol. The van der Waals surface area contributed by atoms with Crippen molar-refractivity contribution < 1.29 is 19.2 Å². The van der Waals surface area contributed by atoms with Gasteiger partial charge in [0, 0.05) is 86.8 Å². The molecule has 11 heteroatoms. The number of amides is 3. The van der Waals surface area contributed by atoms with Gasteiger partial charge in [-0.25, -0.2) is 4.98 Å². The number of carbonyl (C=O) groups is 4. The molecule has 0 radical (unpaired) electrons. The second-order valence-electron chi connectivity index (χ2n) is 11.3. The van der Waals surface area contributed by atoms with Crippen molar-refractivity contribution in [3.8, 4) is 22.3 Å².